The van der Waals surface area contributed by atoms with Gasteiger partial charge in [-0.15, -0.1) is 0 Å². The predicted molar refractivity (Wildman–Crippen MR) is 100 cm³/mol. The van der Waals surface area contributed by atoms with Gasteiger partial charge in [-0.1, -0.05) is 19.1 Å². The standard InChI is InChI=1S/C21H20F3N3O/c1-13(15-3-5-17(22)6-4-15)9-20(28)26-21-14(2)11-25-27(21)12-16-10-18(23)7-8-19(16)24/h3-8,10-11,13H,9,12H2,1-2H3,(H,26,28). The summed E-state index contributed by atoms with van der Waals surface area (Å²) in [5.74, 6) is -1.35. The van der Waals surface area contributed by atoms with Gasteiger partial charge in [-0.25, -0.2) is 17.9 Å². The van der Waals surface area contributed by atoms with Crippen molar-refractivity contribution in [3.8, 4) is 0 Å². The maximum Gasteiger partial charge on any atom is 0.226 e. The van der Waals surface area contributed by atoms with Crippen molar-refractivity contribution < 1.29 is 18.0 Å². The molecule has 1 atom stereocenters. The molecular weight excluding hydrogens is 367 g/mol. The number of benzene rings is 2. The lowest BCUT2D eigenvalue weighted by molar-refractivity contribution is -0.116. The monoisotopic (exact) mass is 387 g/mol. The third-order valence-electron chi connectivity index (χ3n) is 4.54. The Labute approximate surface area is 161 Å². The number of nitrogens with zero attached hydrogens (tertiary/aromatic N) is 2. The van der Waals surface area contributed by atoms with E-state index in [1.165, 1.54) is 16.8 Å². The molecule has 2 aromatic carbocycles. The zero-order chi connectivity index (χ0) is 20.3. The fraction of sp³-hybridized carbons (Fsp3) is 0.238. The molecule has 0 saturated heterocycles. The van der Waals surface area contributed by atoms with Crippen LogP contribution in [0.2, 0.25) is 0 Å². The Hall–Kier alpha value is -3.09. The van der Waals surface area contributed by atoms with Crippen molar-refractivity contribution in [1.29, 1.82) is 0 Å². The van der Waals surface area contributed by atoms with Crippen LogP contribution in [0.25, 0.3) is 0 Å². The highest BCUT2D eigenvalue weighted by Gasteiger charge is 2.16. The molecule has 0 aliphatic heterocycles. The van der Waals surface area contributed by atoms with Crippen LogP contribution in [0.4, 0.5) is 19.0 Å². The van der Waals surface area contributed by atoms with Crippen LogP contribution in [-0.4, -0.2) is 15.7 Å². The fourth-order valence-corrected chi connectivity index (χ4v) is 2.96. The highest BCUT2D eigenvalue weighted by molar-refractivity contribution is 5.91. The van der Waals surface area contributed by atoms with Crippen molar-refractivity contribution >= 4 is 11.7 Å². The van der Waals surface area contributed by atoms with Gasteiger partial charge < -0.3 is 5.32 Å². The summed E-state index contributed by atoms with van der Waals surface area (Å²) >= 11 is 0. The first-order valence-electron chi connectivity index (χ1n) is 8.85. The van der Waals surface area contributed by atoms with Crippen LogP contribution < -0.4 is 5.32 Å². The fourth-order valence-electron chi connectivity index (χ4n) is 2.96. The number of rotatable bonds is 6. The van der Waals surface area contributed by atoms with E-state index in [-0.39, 0.29) is 36.2 Å². The van der Waals surface area contributed by atoms with Gasteiger partial charge >= 0.3 is 0 Å². The number of carbonyl (C=O) groups excluding carboxylic acids is 1. The molecule has 0 spiro atoms. The Bertz CT molecular complexity index is 983. The molecule has 0 aliphatic rings. The Morgan fingerprint density at radius 2 is 1.79 bits per heavy atom. The molecule has 1 N–H and O–H groups in total. The van der Waals surface area contributed by atoms with E-state index in [2.05, 4.69) is 10.4 Å². The van der Waals surface area contributed by atoms with Gasteiger partial charge in [0.05, 0.1) is 12.7 Å². The van der Waals surface area contributed by atoms with E-state index >= 15 is 0 Å². The highest BCUT2D eigenvalue weighted by Crippen LogP contribution is 2.22. The summed E-state index contributed by atoms with van der Waals surface area (Å²) in [5, 5.41) is 6.95. The topological polar surface area (TPSA) is 46.9 Å². The van der Waals surface area contributed by atoms with Crippen molar-refractivity contribution in [2.75, 3.05) is 5.32 Å². The summed E-state index contributed by atoms with van der Waals surface area (Å²) in [6, 6.07) is 9.23. The molecule has 146 valence electrons. The van der Waals surface area contributed by atoms with Crippen LogP contribution in [0.3, 0.4) is 0 Å². The van der Waals surface area contributed by atoms with Crippen molar-refractivity contribution in [2.45, 2.75) is 32.7 Å². The summed E-state index contributed by atoms with van der Waals surface area (Å²) in [6.45, 7) is 3.63. The van der Waals surface area contributed by atoms with Crippen molar-refractivity contribution in [3.63, 3.8) is 0 Å². The Balaban J connectivity index is 1.72. The lowest BCUT2D eigenvalue weighted by Crippen LogP contribution is -2.18. The molecule has 0 fully saturated rings. The second-order valence-electron chi connectivity index (χ2n) is 6.77. The number of amides is 1. The van der Waals surface area contributed by atoms with Crippen LogP contribution in [0.15, 0.2) is 48.7 Å². The van der Waals surface area contributed by atoms with Crippen LogP contribution in [0.5, 0.6) is 0 Å². The van der Waals surface area contributed by atoms with Gasteiger partial charge in [0.2, 0.25) is 5.91 Å². The van der Waals surface area contributed by atoms with Crippen LogP contribution in [-0.2, 0) is 11.3 Å². The number of anilines is 1. The minimum Gasteiger partial charge on any atom is -0.311 e. The summed E-state index contributed by atoms with van der Waals surface area (Å²) in [5.41, 5.74) is 1.70. The van der Waals surface area contributed by atoms with Gasteiger partial charge in [0.25, 0.3) is 0 Å². The number of carbonyl (C=O) groups is 1. The summed E-state index contributed by atoms with van der Waals surface area (Å²) in [6.07, 6.45) is 1.74. The number of hydrogen-bond acceptors (Lipinski definition) is 2. The third kappa shape index (κ3) is 4.60. The van der Waals surface area contributed by atoms with Gasteiger partial charge in [-0.3, -0.25) is 4.79 Å². The Morgan fingerprint density at radius 1 is 1.11 bits per heavy atom. The molecule has 1 unspecified atom stereocenters. The molecule has 0 bridgehead atoms. The maximum atomic E-state index is 13.9. The van der Waals surface area contributed by atoms with Gasteiger partial charge in [0.15, 0.2) is 0 Å². The minimum absolute atomic E-state index is 0.0133. The Kier molecular flexibility index (Phi) is 5.82. The van der Waals surface area contributed by atoms with Gasteiger partial charge in [0, 0.05) is 17.5 Å². The maximum absolute atomic E-state index is 13.9. The number of hydrogen-bond donors (Lipinski definition) is 1. The van der Waals surface area contributed by atoms with Crippen molar-refractivity contribution in [1.82, 2.24) is 9.78 Å². The molecule has 28 heavy (non-hydrogen) atoms. The van der Waals surface area contributed by atoms with Gasteiger partial charge in [-0.2, -0.15) is 5.10 Å². The van der Waals surface area contributed by atoms with Crippen molar-refractivity contribution in [3.05, 3.63) is 82.8 Å². The van der Waals surface area contributed by atoms with E-state index in [0.717, 1.165) is 23.8 Å². The van der Waals surface area contributed by atoms with E-state index in [4.69, 9.17) is 0 Å². The quantitative estimate of drug-likeness (QED) is 0.661. The normalized spacial score (nSPS) is 12.0. The minimum atomic E-state index is -0.545. The van der Waals surface area contributed by atoms with Crippen LogP contribution in [0, 0.1) is 24.4 Å². The number of aromatic nitrogens is 2. The molecule has 1 amide bonds. The van der Waals surface area contributed by atoms with Crippen molar-refractivity contribution in [2.24, 2.45) is 0 Å². The summed E-state index contributed by atoms with van der Waals surface area (Å²) < 4.78 is 41.8. The largest absolute Gasteiger partial charge is 0.311 e. The molecular formula is C21H20F3N3O. The molecule has 3 aromatic rings. The smallest absolute Gasteiger partial charge is 0.226 e. The van der Waals surface area contributed by atoms with Gasteiger partial charge in [0.1, 0.15) is 23.3 Å². The molecule has 0 aliphatic carbocycles. The Morgan fingerprint density at radius 3 is 2.50 bits per heavy atom. The van der Waals surface area contributed by atoms with E-state index in [1.807, 2.05) is 6.92 Å². The first-order chi connectivity index (χ1) is 13.3. The number of nitrogens with one attached hydrogen (secondary N) is 1. The first kappa shape index (κ1) is 19.7. The highest BCUT2D eigenvalue weighted by atomic mass is 19.1. The third-order valence-corrected chi connectivity index (χ3v) is 4.54. The van der Waals surface area contributed by atoms with Crippen LogP contribution >= 0.6 is 0 Å². The SMILES string of the molecule is Cc1cnn(Cc2cc(F)ccc2F)c1NC(=O)CC(C)c1ccc(F)cc1. The van der Waals surface area contributed by atoms with Crippen LogP contribution in [0.1, 0.15) is 36.0 Å². The predicted octanol–water partition coefficient (Wildman–Crippen LogP) is 4.79. The van der Waals surface area contributed by atoms with E-state index < -0.39 is 11.6 Å². The first-order valence-corrected chi connectivity index (χ1v) is 8.85. The molecule has 1 heterocycles. The summed E-state index contributed by atoms with van der Waals surface area (Å²) in [4.78, 5) is 12.5. The molecule has 3 rings (SSSR count). The van der Waals surface area contributed by atoms with E-state index in [0.29, 0.717) is 11.4 Å². The summed E-state index contributed by atoms with van der Waals surface area (Å²) in [7, 11) is 0. The zero-order valence-corrected chi connectivity index (χ0v) is 15.5. The lowest BCUT2D eigenvalue weighted by atomic mass is 9.97. The molecule has 1 aromatic heterocycles. The second-order valence-corrected chi connectivity index (χ2v) is 6.77. The van der Waals surface area contributed by atoms with Gasteiger partial charge in [-0.05, 0) is 48.7 Å². The molecule has 0 saturated carbocycles. The van der Waals surface area contributed by atoms with E-state index in [1.54, 1.807) is 25.3 Å². The molecule has 0 radical (unpaired) electrons. The second kappa shape index (κ2) is 8.29. The lowest BCUT2D eigenvalue weighted by Gasteiger charge is -2.14. The average Bonchev–Trinajstić information content (AvgIpc) is 2.98. The molecule has 4 nitrogen and oxygen atoms in total. The number of halogens is 3. The number of aryl methyl sites for hydroxylation is 1. The zero-order valence-electron chi connectivity index (χ0n) is 15.5. The van der Waals surface area contributed by atoms with E-state index in [9.17, 15) is 18.0 Å². The average molecular weight is 387 g/mol. The molecule has 7 heteroatoms.